The number of hydrogen-bond acceptors (Lipinski definition) is 5. The first kappa shape index (κ1) is 16.6. The molecule has 8 heteroatoms. The van der Waals surface area contributed by atoms with Gasteiger partial charge in [-0.25, -0.2) is 13.2 Å². The second-order valence-electron chi connectivity index (χ2n) is 5.03. The number of sulfonamides is 1. The van der Waals surface area contributed by atoms with Crippen LogP contribution in [0.3, 0.4) is 0 Å². The van der Waals surface area contributed by atoms with Gasteiger partial charge in [-0.15, -0.1) is 0 Å². The molecule has 0 unspecified atom stereocenters. The summed E-state index contributed by atoms with van der Waals surface area (Å²) in [6.07, 6.45) is 0. The van der Waals surface area contributed by atoms with Crippen molar-refractivity contribution in [2.75, 3.05) is 23.7 Å². The second kappa shape index (κ2) is 6.17. The Morgan fingerprint density at radius 3 is 2.17 bits per heavy atom. The standard InChI is InChI=1S/C15H16N2O5S/c1-17(2)11-4-6-12(7-5-11)23(21,22)16-13-8-3-10(15(19)20)9-14(13)18/h3-9,16,18H,1-2H3,(H,19,20). The van der Waals surface area contributed by atoms with Gasteiger partial charge in [-0.2, -0.15) is 0 Å². The van der Waals surface area contributed by atoms with Crippen molar-refractivity contribution < 1.29 is 23.4 Å². The fourth-order valence-corrected chi connectivity index (χ4v) is 2.95. The van der Waals surface area contributed by atoms with Crippen LogP contribution in [0.25, 0.3) is 0 Å². The predicted octanol–water partition coefficient (Wildman–Crippen LogP) is 1.96. The van der Waals surface area contributed by atoms with Gasteiger partial charge >= 0.3 is 5.97 Å². The zero-order valence-corrected chi connectivity index (χ0v) is 13.3. The molecule has 23 heavy (non-hydrogen) atoms. The number of phenolic OH excluding ortho intramolecular Hbond substituents is 1. The third-order valence-corrected chi connectivity index (χ3v) is 4.53. The number of phenols is 1. The fraction of sp³-hybridized carbons (Fsp3) is 0.133. The molecule has 0 radical (unpaired) electrons. The van der Waals surface area contributed by atoms with E-state index < -0.39 is 21.7 Å². The maximum atomic E-state index is 12.3. The minimum absolute atomic E-state index is 0.0322. The molecule has 0 aliphatic carbocycles. The second-order valence-corrected chi connectivity index (χ2v) is 6.71. The van der Waals surface area contributed by atoms with Gasteiger partial charge in [-0.1, -0.05) is 0 Å². The lowest BCUT2D eigenvalue weighted by molar-refractivity contribution is 0.0696. The monoisotopic (exact) mass is 336 g/mol. The molecule has 0 aliphatic rings. The van der Waals surface area contributed by atoms with Crippen LogP contribution in [0.5, 0.6) is 5.75 Å². The SMILES string of the molecule is CN(C)c1ccc(S(=O)(=O)Nc2ccc(C(=O)O)cc2O)cc1. The van der Waals surface area contributed by atoms with Gasteiger partial charge < -0.3 is 15.1 Å². The summed E-state index contributed by atoms with van der Waals surface area (Å²) >= 11 is 0. The average Bonchev–Trinajstić information content (AvgIpc) is 2.49. The Bertz CT molecular complexity index is 829. The summed E-state index contributed by atoms with van der Waals surface area (Å²) in [5, 5.41) is 18.6. The molecule has 0 atom stereocenters. The molecule has 7 nitrogen and oxygen atoms in total. The van der Waals surface area contributed by atoms with Gasteiger partial charge in [-0.05, 0) is 42.5 Å². The smallest absolute Gasteiger partial charge is 0.335 e. The predicted molar refractivity (Wildman–Crippen MR) is 86.6 cm³/mol. The minimum Gasteiger partial charge on any atom is -0.506 e. The highest BCUT2D eigenvalue weighted by molar-refractivity contribution is 7.92. The number of carboxylic acids is 1. The summed E-state index contributed by atoms with van der Waals surface area (Å²) < 4.78 is 26.8. The number of nitrogens with one attached hydrogen (secondary N) is 1. The third-order valence-electron chi connectivity index (χ3n) is 3.15. The van der Waals surface area contributed by atoms with Crippen LogP contribution in [-0.4, -0.2) is 38.7 Å². The number of carboxylic acid groups (broad SMARTS) is 1. The zero-order valence-electron chi connectivity index (χ0n) is 12.5. The molecule has 0 saturated carbocycles. The summed E-state index contributed by atoms with van der Waals surface area (Å²) in [6.45, 7) is 0. The van der Waals surface area contributed by atoms with Gasteiger partial charge in [0.05, 0.1) is 16.1 Å². The van der Waals surface area contributed by atoms with Gasteiger partial charge in [0.2, 0.25) is 0 Å². The zero-order chi connectivity index (χ0) is 17.2. The molecule has 2 aromatic carbocycles. The topological polar surface area (TPSA) is 107 Å². The Kier molecular flexibility index (Phi) is 4.46. The number of aromatic hydroxyl groups is 1. The number of nitrogens with zero attached hydrogens (tertiary/aromatic N) is 1. The van der Waals surface area contributed by atoms with Crippen molar-refractivity contribution in [2.24, 2.45) is 0 Å². The summed E-state index contributed by atoms with van der Waals surface area (Å²) in [4.78, 5) is 12.7. The van der Waals surface area contributed by atoms with Crippen LogP contribution in [0.1, 0.15) is 10.4 Å². The van der Waals surface area contributed by atoms with E-state index in [0.29, 0.717) is 0 Å². The molecule has 0 spiro atoms. The quantitative estimate of drug-likeness (QED) is 0.721. The van der Waals surface area contributed by atoms with Crippen molar-refractivity contribution in [2.45, 2.75) is 4.90 Å². The fourth-order valence-electron chi connectivity index (χ4n) is 1.88. The number of anilines is 2. The lowest BCUT2D eigenvalue weighted by Gasteiger charge is -2.14. The normalized spacial score (nSPS) is 11.0. The Hall–Kier alpha value is -2.74. The van der Waals surface area contributed by atoms with Gasteiger partial charge in [0.15, 0.2) is 0 Å². The van der Waals surface area contributed by atoms with Gasteiger partial charge in [-0.3, -0.25) is 4.72 Å². The number of benzene rings is 2. The van der Waals surface area contributed by atoms with Crippen molar-refractivity contribution in [1.82, 2.24) is 0 Å². The summed E-state index contributed by atoms with van der Waals surface area (Å²) in [5.74, 6) is -1.67. The maximum Gasteiger partial charge on any atom is 0.335 e. The largest absolute Gasteiger partial charge is 0.506 e. The van der Waals surface area contributed by atoms with Gasteiger partial charge in [0, 0.05) is 19.8 Å². The molecule has 0 heterocycles. The molecule has 122 valence electrons. The van der Waals surface area contributed by atoms with E-state index in [0.717, 1.165) is 11.8 Å². The van der Waals surface area contributed by atoms with Gasteiger partial charge in [0.25, 0.3) is 10.0 Å². The van der Waals surface area contributed by atoms with Crippen LogP contribution >= 0.6 is 0 Å². The first-order chi connectivity index (χ1) is 10.7. The van der Waals surface area contributed by atoms with E-state index in [1.54, 1.807) is 12.1 Å². The van der Waals surface area contributed by atoms with E-state index in [4.69, 9.17) is 5.11 Å². The highest BCUT2D eigenvalue weighted by Gasteiger charge is 2.17. The van der Waals surface area contributed by atoms with E-state index in [1.165, 1.54) is 24.3 Å². The molecular weight excluding hydrogens is 320 g/mol. The maximum absolute atomic E-state index is 12.3. The van der Waals surface area contributed by atoms with Crippen molar-refractivity contribution in [3.8, 4) is 5.75 Å². The highest BCUT2D eigenvalue weighted by Crippen LogP contribution is 2.27. The van der Waals surface area contributed by atoms with Crippen molar-refractivity contribution in [1.29, 1.82) is 0 Å². The highest BCUT2D eigenvalue weighted by atomic mass is 32.2. The molecule has 0 amide bonds. The number of aromatic carboxylic acids is 1. The molecular formula is C15H16N2O5S. The molecule has 0 aliphatic heterocycles. The molecule has 0 aromatic heterocycles. The Balaban J connectivity index is 2.29. The molecule has 2 aromatic rings. The van der Waals surface area contributed by atoms with Crippen molar-refractivity contribution >= 4 is 27.4 Å². The molecule has 2 rings (SSSR count). The van der Waals surface area contributed by atoms with E-state index in [1.807, 2.05) is 19.0 Å². The first-order valence-electron chi connectivity index (χ1n) is 6.57. The Morgan fingerprint density at radius 2 is 1.70 bits per heavy atom. The minimum atomic E-state index is -3.89. The van der Waals surface area contributed by atoms with E-state index in [-0.39, 0.29) is 16.1 Å². The van der Waals surface area contributed by atoms with Crippen LogP contribution in [0.4, 0.5) is 11.4 Å². The van der Waals surface area contributed by atoms with Crippen LogP contribution in [-0.2, 0) is 10.0 Å². The van der Waals surface area contributed by atoms with Crippen LogP contribution in [0, 0.1) is 0 Å². The Labute approximate surface area is 133 Å². The van der Waals surface area contributed by atoms with Crippen molar-refractivity contribution in [3.05, 3.63) is 48.0 Å². The van der Waals surface area contributed by atoms with E-state index in [2.05, 4.69) is 4.72 Å². The number of carbonyl (C=O) groups is 1. The van der Waals surface area contributed by atoms with Crippen LogP contribution in [0.2, 0.25) is 0 Å². The first-order valence-corrected chi connectivity index (χ1v) is 8.05. The van der Waals surface area contributed by atoms with Crippen LogP contribution in [0.15, 0.2) is 47.4 Å². The Morgan fingerprint density at radius 1 is 1.09 bits per heavy atom. The van der Waals surface area contributed by atoms with Crippen molar-refractivity contribution in [3.63, 3.8) is 0 Å². The van der Waals surface area contributed by atoms with E-state index >= 15 is 0 Å². The summed E-state index contributed by atoms with van der Waals surface area (Å²) in [6, 6.07) is 9.58. The molecule has 0 bridgehead atoms. The summed E-state index contributed by atoms with van der Waals surface area (Å²) in [5.41, 5.74) is 0.616. The average molecular weight is 336 g/mol. The van der Waals surface area contributed by atoms with Gasteiger partial charge in [0.1, 0.15) is 5.75 Å². The lowest BCUT2D eigenvalue weighted by Crippen LogP contribution is -2.14. The van der Waals surface area contributed by atoms with E-state index in [9.17, 15) is 18.3 Å². The summed E-state index contributed by atoms with van der Waals surface area (Å²) in [7, 11) is -0.213. The van der Waals surface area contributed by atoms with Crippen LogP contribution < -0.4 is 9.62 Å². The number of hydrogen-bond donors (Lipinski definition) is 3. The molecule has 3 N–H and O–H groups in total. The number of rotatable bonds is 5. The third kappa shape index (κ3) is 3.72. The molecule has 0 saturated heterocycles. The lowest BCUT2D eigenvalue weighted by atomic mass is 10.2. The molecule has 0 fully saturated rings.